The van der Waals surface area contributed by atoms with Crippen LogP contribution in [0.4, 0.5) is 4.39 Å². The van der Waals surface area contributed by atoms with Gasteiger partial charge in [0.1, 0.15) is 5.82 Å². The van der Waals surface area contributed by atoms with E-state index in [9.17, 15) is 14.0 Å². The van der Waals surface area contributed by atoms with Crippen molar-refractivity contribution < 1.29 is 14.0 Å². The number of carbonyl (C=O) groups excluding carboxylic acids is 2. The minimum absolute atomic E-state index is 0.188. The second-order valence-corrected chi connectivity index (χ2v) is 7.58. The predicted octanol–water partition coefficient (Wildman–Crippen LogP) is 2.92. The highest BCUT2D eigenvalue weighted by atomic mass is 19.1. The number of nitrogens with one attached hydrogen (secondary N) is 1. The molecular weight excluding hydrogens is 385 g/mol. The van der Waals surface area contributed by atoms with E-state index < -0.39 is 0 Å². The molecule has 3 heterocycles. The molecule has 1 fully saturated rings. The molecular formula is C22H24FN5O2. The van der Waals surface area contributed by atoms with Crippen LogP contribution in [0.5, 0.6) is 0 Å². The highest BCUT2D eigenvalue weighted by Crippen LogP contribution is 2.25. The molecule has 0 aliphatic carbocycles. The molecule has 30 heavy (non-hydrogen) atoms. The summed E-state index contributed by atoms with van der Waals surface area (Å²) in [6.07, 6.45) is 2.23. The topological polar surface area (TPSA) is 80.1 Å². The van der Waals surface area contributed by atoms with Crippen molar-refractivity contribution in [2.75, 3.05) is 19.6 Å². The first-order valence-electron chi connectivity index (χ1n) is 10.1. The fraction of sp³-hybridized carbons (Fsp3) is 0.364. The summed E-state index contributed by atoms with van der Waals surface area (Å²) < 4.78 is 15.3. The smallest absolute Gasteiger partial charge is 0.252 e. The van der Waals surface area contributed by atoms with E-state index in [2.05, 4.69) is 15.4 Å². The zero-order chi connectivity index (χ0) is 21.3. The van der Waals surface area contributed by atoms with Crippen molar-refractivity contribution in [1.29, 1.82) is 0 Å². The lowest BCUT2D eigenvalue weighted by Crippen LogP contribution is -2.30. The second kappa shape index (κ2) is 8.22. The maximum atomic E-state index is 13.7. The SMILES string of the molecule is Cc1cc(C(=O)NCCCN2CCCC2=O)c2c(C)nn(-c3cccc(F)c3)c2n1. The number of rotatable bonds is 6. The highest BCUT2D eigenvalue weighted by molar-refractivity contribution is 6.06. The van der Waals surface area contributed by atoms with Gasteiger partial charge >= 0.3 is 0 Å². The van der Waals surface area contributed by atoms with Crippen molar-refractivity contribution in [3.8, 4) is 5.69 Å². The van der Waals surface area contributed by atoms with E-state index in [0.717, 1.165) is 13.0 Å². The maximum Gasteiger partial charge on any atom is 0.252 e. The third kappa shape index (κ3) is 3.90. The molecule has 0 radical (unpaired) electrons. The van der Waals surface area contributed by atoms with Gasteiger partial charge in [-0.25, -0.2) is 14.1 Å². The quantitative estimate of drug-likeness (QED) is 0.635. The number of halogens is 1. The van der Waals surface area contributed by atoms with Gasteiger partial charge in [-0.1, -0.05) is 6.07 Å². The molecule has 1 aliphatic rings. The van der Waals surface area contributed by atoms with Crippen LogP contribution in [0.2, 0.25) is 0 Å². The van der Waals surface area contributed by atoms with Crippen molar-refractivity contribution in [1.82, 2.24) is 25.0 Å². The van der Waals surface area contributed by atoms with Crippen molar-refractivity contribution in [3.05, 3.63) is 53.1 Å². The van der Waals surface area contributed by atoms with Crippen molar-refractivity contribution in [3.63, 3.8) is 0 Å². The molecule has 1 aromatic carbocycles. The standard InChI is InChI=1S/C22H24FN5O2/c1-14-12-18(22(30)24-9-5-11-27-10-4-8-19(27)29)20-15(2)26-28(21(20)25-14)17-7-3-6-16(23)13-17/h3,6-7,12-13H,4-5,8-11H2,1-2H3,(H,24,30). The lowest BCUT2D eigenvalue weighted by Gasteiger charge is -2.15. The van der Waals surface area contributed by atoms with E-state index in [-0.39, 0.29) is 17.6 Å². The first kappa shape index (κ1) is 20.0. The molecule has 7 nitrogen and oxygen atoms in total. The number of hydrogen-bond donors (Lipinski definition) is 1. The number of pyridine rings is 1. The average Bonchev–Trinajstić information content (AvgIpc) is 3.27. The molecule has 0 bridgehead atoms. The Hall–Kier alpha value is -3.29. The summed E-state index contributed by atoms with van der Waals surface area (Å²) in [4.78, 5) is 31.0. The number of amides is 2. The van der Waals surface area contributed by atoms with E-state index in [1.807, 2.05) is 18.7 Å². The largest absolute Gasteiger partial charge is 0.352 e. The van der Waals surface area contributed by atoms with Crippen molar-refractivity contribution >= 4 is 22.8 Å². The van der Waals surface area contributed by atoms with E-state index in [1.54, 1.807) is 22.9 Å². The lowest BCUT2D eigenvalue weighted by molar-refractivity contribution is -0.127. The third-order valence-corrected chi connectivity index (χ3v) is 5.30. The van der Waals surface area contributed by atoms with Gasteiger partial charge in [0.25, 0.3) is 5.91 Å². The average molecular weight is 409 g/mol. The summed E-state index contributed by atoms with van der Waals surface area (Å²) in [5.74, 6) is -0.385. The number of aromatic nitrogens is 3. The number of hydrogen-bond acceptors (Lipinski definition) is 4. The second-order valence-electron chi connectivity index (χ2n) is 7.58. The zero-order valence-electron chi connectivity index (χ0n) is 17.1. The van der Waals surface area contributed by atoms with Crippen LogP contribution in [0.25, 0.3) is 16.7 Å². The summed E-state index contributed by atoms with van der Waals surface area (Å²) >= 11 is 0. The molecule has 156 valence electrons. The Morgan fingerprint density at radius 3 is 2.83 bits per heavy atom. The number of carbonyl (C=O) groups is 2. The molecule has 0 unspecified atom stereocenters. The van der Waals surface area contributed by atoms with Gasteiger partial charge in [0.15, 0.2) is 5.65 Å². The van der Waals surface area contributed by atoms with Gasteiger partial charge in [-0.3, -0.25) is 9.59 Å². The van der Waals surface area contributed by atoms with Gasteiger partial charge in [-0.05, 0) is 51.0 Å². The number of aryl methyl sites for hydroxylation is 2. The summed E-state index contributed by atoms with van der Waals surface area (Å²) in [7, 11) is 0. The van der Waals surface area contributed by atoms with Crippen LogP contribution in [0, 0.1) is 19.7 Å². The molecule has 8 heteroatoms. The van der Waals surface area contributed by atoms with Gasteiger partial charge in [-0.15, -0.1) is 0 Å². The Bertz CT molecular complexity index is 1120. The maximum absolute atomic E-state index is 13.7. The first-order valence-corrected chi connectivity index (χ1v) is 10.1. The zero-order valence-corrected chi connectivity index (χ0v) is 17.1. The van der Waals surface area contributed by atoms with Crippen LogP contribution < -0.4 is 5.32 Å². The Morgan fingerprint density at radius 1 is 1.27 bits per heavy atom. The summed E-state index contributed by atoms with van der Waals surface area (Å²) in [5.41, 5.74) is 2.89. The molecule has 0 spiro atoms. The van der Waals surface area contributed by atoms with Crippen molar-refractivity contribution in [2.24, 2.45) is 0 Å². The molecule has 1 N–H and O–H groups in total. The highest BCUT2D eigenvalue weighted by Gasteiger charge is 2.21. The van der Waals surface area contributed by atoms with Crippen LogP contribution in [0.3, 0.4) is 0 Å². The summed E-state index contributed by atoms with van der Waals surface area (Å²) in [5, 5.41) is 8.10. The van der Waals surface area contributed by atoms with Crippen LogP contribution in [-0.2, 0) is 4.79 Å². The third-order valence-electron chi connectivity index (χ3n) is 5.30. The molecule has 3 aromatic rings. The first-order chi connectivity index (χ1) is 14.4. The monoisotopic (exact) mass is 409 g/mol. The molecule has 0 atom stereocenters. The minimum Gasteiger partial charge on any atom is -0.352 e. The summed E-state index contributed by atoms with van der Waals surface area (Å²) in [6.45, 7) is 5.55. The van der Waals surface area contributed by atoms with Crippen LogP contribution >= 0.6 is 0 Å². The van der Waals surface area contributed by atoms with Gasteiger partial charge in [0.2, 0.25) is 5.91 Å². The fourth-order valence-corrected chi connectivity index (χ4v) is 3.89. The normalized spacial score (nSPS) is 14.0. The van der Waals surface area contributed by atoms with Crippen LogP contribution in [-0.4, -0.2) is 51.1 Å². The molecule has 2 aromatic heterocycles. The van der Waals surface area contributed by atoms with E-state index in [4.69, 9.17) is 0 Å². The van der Waals surface area contributed by atoms with Gasteiger partial charge < -0.3 is 10.2 Å². The van der Waals surface area contributed by atoms with E-state index >= 15 is 0 Å². The summed E-state index contributed by atoms with van der Waals surface area (Å²) in [6, 6.07) is 7.86. The number of fused-ring (bicyclic) bond motifs is 1. The number of benzene rings is 1. The molecule has 1 aliphatic heterocycles. The Kier molecular flexibility index (Phi) is 5.48. The Labute approximate surface area is 173 Å². The van der Waals surface area contributed by atoms with E-state index in [1.165, 1.54) is 12.1 Å². The predicted molar refractivity (Wildman–Crippen MR) is 111 cm³/mol. The van der Waals surface area contributed by atoms with Crippen LogP contribution in [0.15, 0.2) is 30.3 Å². The number of nitrogens with zero attached hydrogens (tertiary/aromatic N) is 4. The van der Waals surface area contributed by atoms with Gasteiger partial charge in [0, 0.05) is 31.7 Å². The molecule has 1 saturated heterocycles. The van der Waals surface area contributed by atoms with Crippen LogP contribution in [0.1, 0.15) is 41.0 Å². The lowest BCUT2D eigenvalue weighted by atomic mass is 10.1. The Morgan fingerprint density at radius 2 is 2.10 bits per heavy atom. The Balaban J connectivity index is 1.56. The fourth-order valence-electron chi connectivity index (χ4n) is 3.89. The molecule has 4 rings (SSSR count). The van der Waals surface area contributed by atoms with Gasteiger partial charge in [0.05, 0.1) is 22.3 Å². The van der Waals surface area contributed by atoms with Gasteiger partial charge in [-0.2, -0.15) is 5.10 Å². The van der Waals surface area contributed by atoms with Crippen molar-refractivity contribution in [2.45, 2.75) is 33.1 Å². The molecule has 0 saturated carbocycles. The number of likely N-dealkylation sites (tertiary alicyclic amines) is 1. The molecule has 2 amide bonds. The minimum atomic E-state index is -0.365. The van der Waals surface area contributed by atoms with E-state index in [0.29, 0.717) is 59.6 Å².